The van der Waals surface area contributed by atoms with Gasteiger partial charge in [-0.05, 0) is 44.2 Å². The Hall–Kier alpha value is -1.55. The van der Waals surface area contributed by atoms with E-state index in [0.29, 0.717) is 18.5 Å². The molecule has 4 heteroatoms. The van der Waals surface area contributed by atoms with Crippen molar-refractivity contribution in [3.8, 4) is 5.75 Å². The minimum absolute atomic E-state index is 0.161. The summed E-state index contributed by atoms with van der Waals surface area (Å²) >= 11 is 0. The van der Waals surface area contributed by atoms with Crippen LogP contribution in [0.1, 0.15) is 43.7 Å². The second-order valence-electron chi connectivity index (χ2n) is 6.47. The molecule has 4 nitrogen and oxygen atoms in total. The summed E-state index contributed by atoms with van der Waals surface area (Å²) in [6.45, 7) is 2.33. The summed E-state index contributed by atoms with van der Waals surface area (Å²) in [5.41, 5.74) is 1.20. The lowest BCUT2D eigenvalue weighted by Gasteiger charge is -2.28. The monoisotopic (exact) mass is 302 g/mol. The average molecular weight is 302 g/mol. The van der Waals surface area contributed by atoms with Crippen LogP contribution in [-0.4, -0.2) is 37.6 Å². The van der Waals surface area contributed by atoms with Crippen molar-refractivity contribution in [2.24, 2.45) is 5.92 Å². The summed E-state index contributed by atoms with van der Waals surface area (Å²) in [5.74, 6) is 1.80. The highest BCUT2D eigenvalue weighted by Gasteiger charge is 2.29. The maximum absolute atomic E-state index is 12.2. The van der Waals surface area contributed by atoms with Gasteiger partial charge in [-0.15, -0.1) is 0 Å². The molecular weight excluding hydrogens is 276 g/mol. The van der Waals surface area contributed by atoms with Crippen molar-refractivity contribution in [1.82, 2.24) is 10.2 Å². The normalized spacial score (nSPS) is 22.3. The van der Waals surface area contributed by atoms with Gasteiger partial charge < -0.3 is 10.1 Å². The lowest BCUT2D eigenvalue weighted by Crippen LogP contribution is -2.39. The predicted molar refractivity (Wildman–Crippen MR) is 86.9 cm³/mol. The third-order valence-corrected chi connectivity index (χ3v) is 5.02. The largest absolute Gasteiger partial charge is 0.496 e. The van der Waals surface area contributed by atoms with Gasteiger partial charge in [-0.1, -0.05) is 24.6 Å². The van der Waals surface area contributed by atoms with Gasteiger partial charge in [-0.25, -0.2) is 0 Å². The van der Waals surface area contributed by atoms with E-state index in [0.717, 1.165) is 31.7 Å². The molecule has 120 valence electrons. The lowest BCUT2D eigenvalue weighted by molar-refractivity contribution is -0.122. The molecule has 22 heavy (non-hydrogen) atoms. The van der Waals surface area contributed by atoms with E-state index in [4.69, 9.17) is 4.74 Å². The van der Waals surface area contributed by atoms with Gasteiger partial charge in [0.1, 0.15) is 5.75 Å². The Morgan fingerprint density at radius 2 is 2.09 bits per heavy atom. The van der Waals surface area contributed by atoms with E-state index in [-0.39, 0.29) is 5.91 Å². The summed E-state index contributed by atoms with van der Waals surface area (Å²) in [5, 5.41) is 3.10. The van der Waals surface area contributed by atoms with Gasteiger partial charge in [0, 0.05) is 18.2 Å². The first-order chi connectivity index (χ1) is 10.8. The molecule has 1 aromatic carbocycles. The molecule has 0 aromatic heterocycles. The number of ether oxygens (including phenoxy) is 1. The number of hydrogen-bond acceptors (Lipinski definition) is 3. The van der Waals surface area contributed by atoms with Gasteiger partial charge in [-0.3, -0.25) is 9.69 Å². The second kappa shape index (κ2) is 7.14. The number of methoxy groups -OCH3 is 1. The highest BCUT2D eigenvalue weighted by atomic mass is 16.5. The van der Waals surface area contributed by atoms with Crippen molar-refractivity contribution in [2.45, 2.75) is 38.1 Å². The molecule has 0 radical (unpaired) electrons. The Balaban J connectivity index is 1.59. The average Bonchev–Trinajstić information content (AvgIpc) is 2.93. The number of nitrogens with one attached hydrogen (secondary N) is 1. The van der Waals surface area contributed by atoms with Gasteiger partial charge in [-0.2, -0.15) is 0 Å². The third-order valence-electron chi connectivity index (χ3n) is 5.02. The first-order valence-corrected chi connectivity index (χ1v) is 8.41. The number of para-hydroxylation sites is 1. The first kappa shape index (κ1) is 15.3. The fourth-order valence-electron chi connectivity index (χ4n) is 3.50. The molecule has 1 heterocycles. The summed E-state index contributed by atoms with van der Waals surface area (Å²) in [4.78, 5) is 14.5. The molecule has 1 unspecified atom stereocenters. The van der Waals surface area contributed by atoms with Crippen molar-refractivity contribution in [1.29, 1.82) is 0 Å². The molecule has 2 fully saturated rings. The Labute approximate surface area is 132 Å². The van der Waals surface area contributed by atoms with Crippen LogP contribution in [0.2, 0.25) is 0 Å². The first-order valence-electron chi connectivity index (χ1n) is 8.41. The fourth-order valence-corrected chi connectivity index (χ4v) is 3.50. The van der Waals surface area contributed by atoms with Crippen LogP contribution in [0, 0.1) is 5.92 Å². The van der Waals surface area contributed by atoms with Crippen molar-refractivity contribution < 1.29 is 9.53 Å². The Morgan fingerprint density at radius 3 is 2.82 bits per heavy atom. The number of hydrogen-bond donors (Lipinski definition) is 1. The SMILES string of the molecule is COc1ccccc1C1CCCN1CC(=O)NCC1CCC1. The van der Waals surface area contributed by atoms with Crippen molar-refractivity contribution in [2.75, 3.05) is 26.7 Å². The van der Waals surface area contributed by atoms with E-state index in [1.807, 2.05) is 18.2 Å². The number of nitrogens with zero attached hydrogens (tertiary/aromatic N) is 1. The summed E-state index contributed by atoms with van der Waals surface area (Å²) in [7, 11) is 1.71. The third kappa shape index (κ3) is 3.43. The van der Waals surface area contributed by atoms with Crippen LogP contribution in [-0.2, 0) is 4.79 Å². The Morgan fingerprint density at radius 1 is 1.27 bits per heavy atom. The summed E-state index contributed by atoms with van der Waals surface area (Å²) < 4.78 is 5.48. The zero-order valence-corrected chi connectivity index (χ0v) is 13.4. The second-order valence-corrected chi connectivity index (χ2v) is 6.47. The van der Waals surface area contributed by atoms with E-state index >= 15 is 0 Å². The van der Waals surface area contributed by atoms with Gasteiger partial charge in [0.05, 0.1) is 13.7 Å². The summed E-state index contributed by atoms with van der Waals surface area (Å²) in [6, 6.07) is 8.46. The van der Waals surface area contributed by atoms with E-state index in [9.17, 15) is 4.79 Å². The molecule has 1 N–H and O–H groups in total. The van der Waals surface area contributed by atoms with E-state index in [1.165, 1.54) is 24.8 Å². The molecule has 1 aromatic rings. The predicted octanol–water partition coefficient (Wildman–Crippen LogP) is 2.75. The standard InChI is InChI=1S/C18H26N2O2/c1-22-17-10-3-2-8-15(17)16-9-5-11-20(16)13-18(21)19-12-14-6-4-7-14/h2-3,8,10,14,16H,4-7,9,11-13H2,1H3,(H,19,21). The van der Waals surface area contributed by atoms with E-state index in [2.05, 4.69) is 16.3 Å². The molecule has 1 saturated heterocycles. The molecule has 1 atom stereocenters. The van der Waals surface area contributed by atoms with Crippen LogP contribution < -0.4 is 10.1 Å². The maximum Gasteiger partial charge on any atom is 0.234 e. The fraction of sp³-hybridized carbons (Fsp3) is 0.611. The van der Waals surface area contributed by atoms with Gasteiger partial charge in [0.25, 0.3) is 0 Å². The quantitative estimate of drug-likeness (QED) is 0.878. The number of amides is 1. The van der Waals surface area contributed by atoms with Crippen molar-refractivity contribution in [3.05, 3.63) is 29.8 Å². The molecular formula is C18H26N2O2. The van der Waals surface area contributed by atoms with Crippen LogP contribution >= 0.6 is 0 Å². The zero-order chi connectivity index (χ0) is 15.4. The van der Waals surface area contributed by atoms with E-state index in [1.54, 1.807) is 7.11 Å². The number of rotatable bonds is 6. The number of carbonyl (C=O) groups is 1. The minimum Gasteiger partial charge on any atom is -0.496 e. The number of carbonyl (C=O) groups excluding carboxylic acids is 1. The lowest BCUT2D eigenvalue weighted by atomic mass is 9.85. The van der Waals surface area contributed by atoms with Crippen LogP contribution in [0.15, 0.2) is 24.3 Å². The molecule has 1 aliphatic carbocycles. The summed E-state index contributed by atoms with van der Waals surface area (Å²) in [6.07, 6.45) is 6.10. The van der Waals surface area contributed by atoms with Crippen molar-refractivity contribution in [3.63, 3.8) is 0 Å². The van der Waals surface area contributed by atoms with Crippen molar-refractivity contribution >= 4 is 5.91 Å². The van der Waals surface area contributed by atoms with Gasteiger partial charge >= 0.3 is 0 Å². The minimum atomic E-state index is 0.161. The number of benzene rings is 1. The molecule has 1 saturated carbocycles. The molecule has 0 spiro atoms. The molecule has 2 aliphatic rings. The smallest absolute Gasteiger partial charge is 0.234 e. The topological polar surface area (TPSA) is 41.6 Å². The van der Waals surface area contributed by atoms with Crippen LogP contribution in [0.4, 0.5) is 0 Å². The number of likely N-dealkylation sites (tertiary alicyclic amines) is 1. The van der Waals surface area contributed by atoms with E-state index < -0.39 is 0 Å². The molecule has 1 amide bonds. The highest BCUT2D eigenvalue weighted by Crippen LogP contribution is 2.36. The zero-order valence-electron chi connectivity index (χ0n) is 13.4. The van der Waals surface area contributed by atoms with Gasteiger partial charge in [0.2, 0.25) is 5.91 Å². The molecule has 3 rings (SSSR count). The van der Waals surface area contributed by atoms with Crippen LogP contribution in [0.25, 0.3) is 0 Å². The Kier molecular flexibility index (Phi) is 4.98. The van der Waals surface area contributed by atoms with Crippen LogP contribution in [0.5, 0.6) is 5.75 Å². The molecule has 1 aliphatic heterocycles. The maximum atomic E-state index is 12.2. The Bertz CT molecular complexity index is 514. The molecule has 0 bridgehead atoms. The highest BCUT2D eigenvalue weighted by molar-refractivity contribution is 5.78. The van der Waals surface area contributed by atoms with Crippen LogP contribution in [0.3, 0.4) is 0 Å². The van der Waals surface area contributed by atoms with Gasteiger partial charge in [0.15, 0.2) is 0 Å².